The van der Waals surface area contributed by atoms with Crippen molar-refractivity contribution < 1.29 is 14.3 Å². The van der Waals surface area contributed by atoms with Crippen LogP contribution < -0.4 is 9.64 Å². The third kappa shape index (κ3) is 4.06. The van der Waals surface area contributed by atoms with Crippen molar-refractivity contribution in [3.8, 4) is 5.88 Å². The summed E-state index contributed by atoms with van der Waals surface area (Å²) in [6.45, 7) is 8.09. The number of carbonyl (C=O) groups is 1. The van der Waals surface area contributed by atoms with Gasteiger partial charge in [0, 0.05) is 25.5 Å². The number of carbonyl (C=O) groups excluding carboxylic acids is 1. The third-order valence-electron chi connectivity index (χ3n) is 5.75. The van der Waals surface area contributed by atoms with Gasteiger partial charge in [0.1, 0.15) is 12.2 Å². The minimum absolute atomic E-state index is 0.0790. The van der Waals surface area contributed by atoms with Crippen LogP contribution in [0.15, 0.2) is 25.0 Å². The third-order valence-corrected chi connectivity index (χ3v) is 5.75. The fraction of sp³-hybridized carbons (Fsp3) is 0.571. The Morgan fingerprint density at radius 1 is 1.22 bits per heavy atom. The maximum absolute atomic E-state index is 12.7. The highest BCUT2D eigenvalue weighted by Gasteiger charge is 2.45. The molecule has 170 valence electrons. The maximum Gasteiger partial charge on any atom is 0.410 e. The molecule has 0 spiro atoms. The van der Waals surface area contributed by atoms with Crippen LogP contribution in [0, 0.1) is 0 Å². The molecule has 0 aliphatic carbocycles. The monoisotopic (exact) mass is 440 g/mol. The van der Waals surface area contributed by atoms with Gasteiger partial charge in [-0.25, -0.2) is 14.8 Å². The predicted octanol–water partition coefficient (Wildman–Crippen LogP) is 2.22. The van der Waals surface area contributed by atoms with E-state index >= 15 is 0 Å². The summed E-state index contributed by atoms with van der Waals surface area (Å²) in [7, 11) is 0. The van der Waals surface area contributed by atoms with Crippen molar-refractivity contribution in [1.82, 2.24) is 34.4 Å². The Labute approximate surface area is 185 Å². The van der Waals surface area contributed by atoms with Crippen LogP contribution >= 0.6 is 0 Å². The first kappa shape index (κ1) is 20.5. The van der Waals surface area contributed by atoms with Gasteiger partial charge in [-0.2, -0.15) is 9.97 Å². The van der Waals surface area contributed by atoms with Gasteiger partial charge in [-0.05, 0) is 33.6 Å². The minimum Gasteiger partial charge on any atom is -0.474 e. The number of hydrogen-bond acceptors (Lipinski definition) is 8. The van der Waals surface area contributed by atoms with Crippen molar-refractivity contribution in [3.63, 3.8) is 0 Å². The molecule has 5 heterocycles. The summed E-state index contributed by atoms with van der Waals surface area (Å²) in [6.07, 6.45) is 8.62. The van der Waals surface area contributed by atoms with Gasteiger partial charge in [-0.1, -0.05) is 0 Å². The average molecular weight is 441 g/mol. The van der Waals surface area contributed by atoms with E-state index in [4.69, 9.17) is 14.5 Å². The molecule has 0 aromatic carbocycles. The highest BCUT2D eigenvalue weighted by molar-refractivity contribution is 5.77. The molecule has 11 heteroatoms. The lowest BCUT2D eigenvalue weighted by Crippen LogP contribution is -2.57. The number of imidazole rings is 2. The van der Waals surface area contributed by atoms with Crippen LogP contribution in [-0.4, -0.2) is 77.9 Å². The van der Waals surface area contributed by atoms with E-state index in [0.717, 1.165) is 12.8 Å². The Morgan fingerprint density at radius 2 is 2.00 bits per heavy atom. The summed E-state index contributed by atoms with van der Waals surface area (Å²) in [5.41, 5.74) is 0.732. The number of aromatic amines is 1. The van der Waals surface area contributed by atoms with Crippen LogP contribution in [0.4, 0.5) is 10.7 Å². The van der Waals surface area contributed by atoms with Gasteiger partial charge in [0.05, 0.1) is 31.3 Å². The van der Waals surface area contributed by atoms with E-state index in [0.29, 0.717) is 49.2 Å². The molecule has 3 aromatic heterocycles. The van der Waals surface area contributed by atoms with E-state index < -0.39 is 5.60 Å². The molecule has 1 N–H and O–H groups in total. The van der Waals surface area contributed by atoms with Crippen LogP contribution in [0.25, 0.3) is 11.2 Å². The Kier molecular flexibility index (Phi) is 5.10. The summed E-state index contributed by atoms with van der Waals surface area (Å²) in [6, 6.07) is 0.158. The lowest BCUT2D eigenvalue weighted by atomic mass is 10.2. The van der Waals surface area contributed by atoms with Gasteiger partial charge in [0.15, 0.2) is 11.2 Å². The zero-order valence-corrected chi connectivity index (χ0v) is 18.6. The number of hydrogen-bond donors (Lipinski definition) is 1. The molecule has 2 atom stereocenters. The number of ether oxygens (including phenoxy) is 2. The van der Waals surface area contributed by atoms with E-state index in [9.17, 15) is 4.79 Å². The number of nitrogens with zero attached hydrogens (tertiary/aromatic N) is 7. The quantitative estimate of drug-likeness (QED) is 0.642. The maximum atomic E-state index is 12.7. The van der Waals surface area contributed by atoms with Crippen molar-refractivity contribution in [2.45, 2.75) is 57.8 Å². The number of rotatable bonds is 5. The number of fused-ring (bicyclic) bond motifs is 3. The first-order chi connectivity index (χ1) is 15.4. The molecule has 2 saturated heterocycles. The van der Waals surface area contributed by atoms with E-state index in [1.807, 2.05) is 36.4 Å². The highest BCUT2D eigenvalue weighted by atomic mass is 16.6. The Morgan fingerprint density at radius 3 is 2.69 bits per heavy atom. The molecule has 2 bridgehead atoms. The van der Waals surface area contributed by atoms with E-state index in [2.05, 4.69) is 24.8 Å². The lowest BCUT2D eigenvalue weighted by Gasteiger charge is -2.41. The summed E-state index contributed by atoms with van der Waals surface area (Å²) in [5.74, 6) is 1.04. The second-order valence-corrected chi connectivity index (χ2v) is 9.26. The van der Waals surface area contributed by atoms with Crippen molar-refractivity contribution >= 4 is 23.2 Å². The normalized spacial score (nSPS) is 20.7. The highest BCUT2D eigenvalue weighted by Crippen LogP contribution is 2.34. The van der Waals surface area contributed by atoms with Crippen LogP contribution in [0.2, 0.25) is 0 Å². The van der Waals surface area contributed by atoms with Gasteiger partial charge in [-0.3, -0.25) is 4.90 Å². The average Bonchev–Trinajstić information content (AvgIpc) is 3.46. The smallest absolute Gasteiger partial charge is 0.410 e. The van der Waals surface area contributed by atoms with Gasteiger partial charge in [0.2, 0.25) is 11.8 Å². The Hall–Kier alpha value is -3.37. The second kappa shape index (κ2) is 7.95. The molecule has 1 amide bonds. The molecule has 0 saturated carbocycles. The fourth-order valence-corrected chi connectivity index (χ4v) is 4.39. The topological polar surface area (TPSA) is 114 Å². The molecular weight excluding hydrogens is 412 g/mol. The second-order valence-electron chi connectivity index (χ2n) is 9.26. The van der Waals surface area contributed by atoms with E-state index in [1.165, 1.54) is 0 Å². The SMILES string of the molecule is CC(C)(C)OC(=O)N1[C@@H]2CC[C@H]1CN(c1nc(OCCn3ccnc3)c3nc[nH]c3n1)C2. The van der Waals surface area contributed by atoms with Crippen molar-refractivity contribution in [1.29, 1.82) is 0 Å². The van der Waals surface area contributed by atoms with Gasteiger partial charge in [-0.15, -0.1) is 0 Å². The molecule has 2 aliphatic heterocycles. The lowest BCUT2D eigenvalue weighted by molar-refractivity contribution is 0.0122. The van der Waals surface area contributed by atoms with Crippen LogP contribution in [-0.2, 0) is 11.3 Å². The number of H-pyrrole nitrogens is 1. The Balaban J connectivity index is 1.32. The van der Waals surface area contributed by atoms with E-state index in [1.54, 1.807) is 18.9 Å². The molecule has 0 unspecified atom stereocenters. The predicted molar refractivity (Wildman–Crippen MR) is 117 cm³/mol. The summed E-state index contributed by atoms with van der Waals surface area (Å²) >= 11 is 0. The van der Waals surface area contributed by atoms with E-state index in [-0.39, 0.29) is 18.2 Å². The van der Waals surface area contributed by atoms with Crippen LogP contribution in [0.1, 0.15) is 33.6 Å². The largest absolute Gasteiger partial charge is 0.474 e. The van der Waals surface area contributed by atoms with Gasteiger partial charge >= 0.3 is 6.09 Å². The van der Waals surface area contributed by atoms with Crippen molar-refractivity contribution in [2.24, 2.45) is 0 Å². The molecule has 11 nitrogen and oxygen atoms in total. The number of aromatic nitrogens is 6. The number of anilines is 1. The first-order valence-electron chi connectivity index (χ1n) is 10.9. The molecule has 2 fully saturated rings. The molecular formula is C21H28N8O3. The van der Waals surface area contributed by atoms with Crippen molar-refractivity contribution in [3.05, 3.63) is 25.0 Å². The molecule has 3 aromatic rings. The van der Waals surface area contributed by atoms with Crippen molar-refractivity contribution in [2.75, 3.05) is 24.6 Å². The first-order valence-corrected chi connectivity index (χ1v) is 10.9. The number of piperazine rings is 1. The summed E-state index contributed by atoms with van der Waals surface area (Å²) < 4.78 is 13.6. The van der Waals surface area contributed by atoms with Gasteiger partial charge < -0.3 is 23.9 Å². The fourth-order valence-electron chi connectivity index (χ4n) is 4.39. The zero-order chi connectivity index (χ0) is 22.3. The molecule has 32 heavy (non-hydrogen) atoms. The standard InChI is InChI=1S/C21H28N8O3/c1-21(2,3)32-20(30)29-14-4-5-15(29)11-28(10-14)19-25-17-16(23-12-24-17)18(26-19)31-9-8-27-7-6-22-13-27/h6-7,12-15H,4-5,8-11H2,1-3H3,(H,23,24,25,26)/t14-,15+. The molecule has 2 aliphatic rings. The summed E-state index contributed by atoms with van der Waals surface area (Å²) in [4.78, 5) is 37.6. The minimum atomic E-state index is -0.509. The van der Waals surface area contributed by atoms with Crippen LogP contribution in [0.5, 0.6) is 5.88 Å². The summed E-state index contributed by atoms with van der Waals surface area (Å²) in [5, 5.41) is 0. The van der Waals surface area contributed by atoms with Crippen LogP contribution in [0.3, 0.4) is 0 Å². The number of amides is 1. The zero-order valence-electron chi connectivity index (χ0n) is 18.6. The van der Waals surface area contributed by atoms with Gasteiger partial charge in [0.25, 0.3) is 0 Å². The molecule has 0 radical (unpaired) electrons. The number of nitrogens with one attached hydrogen (secondary N) is 1. The Bertz CT molecular complexity index is 1080. The molecule has 5 rings (SSSR count).